The van der Waals surface area contributed by atoms with Crippen LogP contribution in [0.4, 0.5) is 15.9 Å². The van der Waals surface area contributed by atoms with E-state index in [1.54, 1.807) is 23.3 Å². The van der Waals surface area contributed by atoms with Crippen LogP contribution in [0.25, 0.3) is 10.9 Å². The number of halogens is 1. The minimum atomic E-state index is -0.541. The van der Waals surface area contributed by atoms with Crippen molar-refractivity contribution in [1.29, 1.82) is 0 Å². The van der Waals surface area contributed by atoms with Gasteiger partial charge in [0, 0.05) is 37.2 Å². The first-order valence-corrected chi connectivity index (χ1v) is 12.6. The number of nitrogens with zero attached hydrogens (tertiary/aromatic N) is 5. The number of nitrogens with two attached hydrogens (primary N) is 1. The molecule has 1 amide bonds. The number of piperidine rings is 1. The van der Waals surface area contributed by atoms with Crippen molar-refractivity contribution in [3.8, 4) is 5.75 Å². The lowest BCUT2D eigenvalue weighted by molar-refractivity contribution is -0.118. The van der Waals surface area contributed by atoms with Crippen LogP contribution in [-0.2, 0) is 4.79 Å². The number of amides is 1. The molecule has 1 aromatic heterocycles. The zero-order chi connectivity index (χ0) is 26.5. The molecule has 2 aliphatic rings. The Morgan fingerprint density at radius 1 is 1.21 bits per heavy atom. The number of anilines is 2. The molecule has 1 fully saturated rings. The van der Waals surface area contributed by atoms with Crippen molar-refractivity contribution in [3.05, 3.63) is 66.6 Å². The van der Waals surface area contributed by atoms with Crippen LogP contribution in [0.2, 0.25) is 0 Å². The molecule has 1 saturated heterocycles. The number of benzene rings is 2. The Bertz CT molecular complexity index is 1310. The maximum Gasteiger partial charge on any atom is 0.239 e. The molecule has 2 aliphatic heterocycles. The average Bonchev–Trinajstić information content (AvgIpc) is 3.29. The van der Waals surface area contributed by atoms with Crippen LogP contribution in [0.5, 0.6) is 5.75 Å². The Kier molecular flexibility index (Phi) is 7.70. The summed E-state index contributed by atoms with van der Waals surface area (Å²) in [6.45, 7) is 3.27. The van der Waals surface area contributed by atoms with Crippen molar-refractivity contribution in [1.82, 2.24) is 25.3 Å². The number of hydrogen-bond donors (Lipinski definition) is 4. The number of likely N-dealkylation sites (tertiary alicyclic amines) is 1. The second-order valence-electron chi connectivity index (χ2n) is 9.31. The van der Waals surface area contributed by atoms with Gasteiger partial charge in [0.05, 0.1) is 30.1 Å². The molecule has 0 spiro atoms. The summed E-state index contributed by atoms with van der Waals surface area (Å²) in [6, 6.07) is 11.6. The van der Waals surface area contributed by atoms with Gasteiger partial charge >= 0.3 is 0 Å². The normalized spacial score (nSPS) is 16.4. The van der Waals surface area contributed by atoms with Crippen LogP contribution in [0.1, 0.15) is 19.3 Å². The van der Waals surface area contributed by atoms with Crippen LogP contribution in [0.3, 0.4) is 0 Å². The standard InChI is InChI=1S/C26H31FN8O3/c27-18-3-1-4-19(13-18)35-32-25(16-34(35)15-24(28)37)31-26-22-6-5-21(14-23(22)29-17-30-26)38-12-2-9-33-10-7-20(36)8-11-33/h1,3-6,13-14,16-17,20,32,36H,2,7-12,15H2,(H2,28,37)(H,29,30,31). The smallest absolute Gasteiger partial charge is 0.239 e. The first-order chi connectivity index (χ1) is 18.4. The third-order valence-electron chi connectivity index (χ3n) is 6.44. The highest BCUT2D eigenvalue weighted by Crippen LogP contribution is 2.27. The quantitative estimate of drug-likeness (QED) is 0.293. The maximum atomic E-state index is 13.8. The van der Waals surface area contributed by atoms with E-state index >= 15 is 0 Å². The second-order valence-corrected chi connectivity index (χ2v) is 9.31. The summed E-state index contributed by atoms with van der Waals surface area (Å²) in [7, 11) is 0. The van der Waals surface area contributed by atoms with Gasteiger partial charge in [-0.05, 0) is 43.5 Å². The van der Waals surface area contributed by atoms with Crippen molar-refractivity contribution in [2.75, 3.05) is 43.2 Å². The van der Waals surface area contributed by atoms with Gasteiger partial charge in [-0.1, -0.05) is 6.07 Å². The summed E-state index contributed by atoms with van der Waals surface area (Å²) >= 11 is 0. The van der Waals surface area contributed by atoms with E-state index < -0.39 is 11.7 Å². The molecule has 0 saturated carbocycles. The minimum absolute atomic E-state index is 0.111. The molecule has 5 N–H and O–H groups in total. The van der Waals surface area contributed by atoms with Gasteiger partial charge in [-0.25, -0.2) is 14.4 Å². The lowest BCUT2D eigenvalue weighted by atomic mass is 10.1. The fraction of sp³-hybridized carbons (Fsp3) is 0.346. The molecule has 0 aliphatic carbocycles. The van der Waals surface area contributed by atoms with Gasteiger partial charge < -0.3 is 25.8 Å². The third kappa shape index (κ3) is 6.21. The molecule has 0 radical (unpaired) electrons. The van der Waals surface area contributed by atoms with Crippen molar-refractivity contribution >= 4 is 28.3 Å². The number of primary amides is 1. The number of ether oxygens (including phenoxy) is 1. The number of aliphatic hydroxyl groups is 1. The molecule has 5 rings (SSSR count). The first-order valence-electron chi connectivity index (χ1n) is 12.6. The molecule has 0 bridgehead atoms. The number of fused-ring (bicyclic) bond motifs is 1. The van der Waals surface area contributed by atoms with E-state index in [4.69, 9.17) is 10.5 Å². The molecule has 11 nitrogen and oxygen atoms in total. The summed E-state index contributed by atoms with van der Waals surface area (Å²) < 4.78 is 19.8. The molecule has 0 atom stereocenters. The highest BCUT2D eigenvalue weighted by Gasteiger charge is 2.24. The van der Waals surface area contributed by atoms with Crippen LogP contribution >= 0.6 is 0 Å². The average molecular weight is 523 g/mol. The van der Waals surface area contributed by atoms with Gasteiger partial charge in [0.1, 0.15) is 36.1 Å². The van der Waals surface area contributed by atoms with Gasteiger partial charge in [0.25, 0.3) is 0 Å². The van der Waals surface area contributed by atoms with E-state index in [0.717, 1.165) is 50.0 Å². The van der Waals surface area contributed by atoms with Gasteiger partial charge in [-0.15, -0.1) is 0 Å². The summed E-state index contributed by atoms with van der Waals surface area (Å²) in [6.07, 6.45) is 5.52. The van der Waals surface area contributed by atoms with E-state index in [1.165, 1.54) is 23.6 Å². The Morgan fingerprint density at radius 2 is 2.05 bits per heavy atom. The molecular weight excluding hydrogens is 491 g/mol. The number of carbonyl (C=O) groups is 1. The number of hydrazine groups is 2. The van der Waals surface area contributed by atoms with Crippen LogP contribution in [0, 0.1) is 5.82 Å². The highest BCUT2D eigenvalue weighted by atomic mass is 19.1. The van der Waals surface area contributed by atoms with E-state index in [-0.39, 0.29) is 12.6 Å². The molecule has 2 aromatic carbocycles. The highest BCUT2D eigenvalue weighted by molar-refractivity contribution is 5.90. The van der Waals surface area contributed by atoms with Gasteiger partial charge in [-0.3, -0.25) is 15.2 Å². The van der Waals surface area contributed by atoms with Crippen LogP contribution < -0.4 is 26.3 Å². The predicted molar refractivity (Wildman–Crippen MR) is 141 cm³/mol. The van der Waals surface area contributed by atoms with Crippen molar-refractivity contribution < 1.29 is 19.0 Å². The molecule has 3 heterocycles. The molecule has 3 aromatic rings. The number of carbonyl (C=O) groups excluding carboxylic acids is 1. The summed E-state index contributed by atoms with van der Waals surface area (Å²) in [5, 5.41) is 16.7. The number of aliphatic hydroxyl groups excluding tert-OH is 1. The summed E-state index contributed by atoms with van der Waals surface area (Å²) in [5.41, 5.74) is 9.72. The van der Waals surface area contributed by atoms with E-state index in [2.05, 4.69) is 25.6 Å². The first kappa shape index (κ1) is 25.5. The number of nitrogens with one attached hydrogen (secondary N) is 2. The topological polar surface area (TPSA) is 132 Å². The Hall–Kier alpha value is -4.16. The Labute approximate surface area is 219 Å². The number of hydrogen-bond acceptors (Lipinski definition) is 10. The van der Waals surface area contributed by atoms with Crippen molar-refractivity contribution in [2.45, 2.75) is 25.4 Å². The van der Waals surface area contributed by atoms with Crippen molar-refractivity contribution in [3.63, 3.8) is 0 Å². The van der Waals surface area contributed by atoms with Gasteiger partial charge in [0.2, 0.25) is 5.91 Å². The van der Waals surface area contributed by atoms with Gasteiger partial charge in [0.15, 0.2) is 0 Å². The maximum absolute atomic E-state index is 13.8. The monoisotopic (exact) mass is 522 g/mol. The van der Waals surface area contributed by atoms with E-state index in [1.807, 2.05) is 18.2 Å². The molecular formula is C26H31FN8O3. The Morgan fingerprint density at radius 3 is 2.84 bits per heavy atom. The molecule has 0 unspecified atom stereocenters. The Balaban J connectivity index is 1.23. The van der Waals surface area contributed by atoms with Crippen LogP contribution in [0.15, 0.2) is 60.8 Å². The number of rotatable bonds is 10. The lowest BCUT2D eigenvalue weighted by Gasteiger charge is -2.29. The summed E-state index contributed by atoms with van der Waals surface area (Å²) in [5.74, 6) is 0.837. The predicted octanol–water partition coefficient (Wildman–Crippen LogP) is 1.93. The third-order valence-corrected chi connectivity index (χ3v) is 6.44. The second kappa shape index (κ2) is 11.5. The fourth-order valence-electron chi connectivity index (χ4n) is 4.55. The van der Waals surface area contributed by atoms with Crippen LogP contribution in [-0.4, -0.2) is 69.8 Å². The largest absolute Gasteiger partial charge is 0.493 e. The van der Waals surface area contributed by atoms with Gasteiger partial charge in [-0.2, -0.15) is 5.12 Å². The molecule has 200 valence electrons. The number of aromatic nitrogens is 2. The van der Waals surface area contributed by atoms with E-state index in [9.17, 15) is 14.3 Å². The SMILES string of the molecule is NC(=O)CN1C=C(Nc2ncnc3cc(OCCCN4CCC(O)CC4)ccc23)NN1c1cccc(F)c1. The van der Waals surface area contributed by atoms with E-state index in [0.29, 0.717) is 29.4 Å². The fourth-order valence-corrected chi connectivity index (χ4v) is 4.55. The summed E-state index contributed by atoms with van der Waals surface area (Å²) in [4.78, 5) is 22.7. The lowest BCUT2D eigenvalue weighted by Crippen LogP contribution is -2.46. The minimum Gasteiger partial charge on any atom is -0.493 e. The zero-order valence-electron chi connectivity index (χ0n) is 20.9. The molecule has 12 heteroatoms. The zero-order valence-corrected chi connectivity index (χ0v) is 20.9. The van der Waals surface area contributed by atoms with Crippen molar-refractivity contribution in [2.24, 2.45) is 5.73 Å². The molecule has 38 heavy (non-hydrogen) atoms.